The van der Waals surface area contributed by atoms with Crippen molar-refractivity contribution in [1.82, 2.24) is 48.2 Å². The zero-order valence-electron chi connectivity index (χ0n) is 74.3. The molecule has 0 N–H and O–H groups in total. The molecule has 6 heterocycles. The van der Waals surface area contributed by atoms with Gasteiger partial charge in [-0.3, -0.25) is 0 Å². The Balaban J connectivity index is 0.491. The van der Waals surface area contributed by atoms with E-state index in [1.54, 1.807) is 0 Å². The van der Waals surface area contributed by atoms with E-state index in [-0.39, 0.29) is 0 Å². The lowest BCUT2D eigenvalue weighted by molar-refractivity contribution is 1.07. The number of aromatic nitrogens is 10. The molecule has 0 unspecified atom stereocenters. The summed E-state index contributed by atoms with van der Waals surface area (Å²) < 4.78 is 9.79. The molecular formula is C126H84N10. The van der Waals surface area contributed by atoms with Crippen LogP contribution in [-0.4, -0.2) is 48.2 Å². The van der Waals surface area contributed by atoms with Crippen molar-refractivity contribution in [3.63, 3.8) is 0 Å². The quantitative estimate of drug-likeness (QED) is 0.0748. The molecule has 638 valence electrons. The van der Waals surface area contributed by atoms with Crippen LogP contribution in [0.4, 0.5) is 0 Å². The Morgan fingerprint density at radius 3 is 0.750 bits per heavy atom. The molecule has 10 heteroatoms. The second-order valence-corrected chi connectivity index (χ2v) is 34.8. The lowest BCUT2D eigenvalue weighted by Gasteiger charge is -2.14. The van der Waals surface area contributed by atoms with Gasteiger partial charge in [-0.2, -0.15) is 0 Å². The fourth-order valence-electron chi connectivity index (χ4n) is 20.1. The number of benzene rings is 19. The van der Waals surface area contributed by atoms with Crippen molar-refractivity contribution in [2.24, 2.45) is 0 Å². The molecule has 0 fully saturated rings. The SMILES string of the molecule is C/C=C(\C=C/Cc1ccc(-n2c3ccccc3c3ccc4c5ccccc5n(-c5ccc(-c6nc(-c7ccccc7)nc(-c7ccc(-c8ccccc8)cc7)n6)cc5)c4c32)cc1)c1cccc(-c2cccc(-c3ccc(-c4nc(-c5ccc(-c6ccccc6)cc5)nc(-c5ccc(-n6c7ccccc7c7ccc8c9ccccc9n(-c9ccc(-c%10ccccc%10)cc9)c8c76)cc5)n4)cc3)c2)c1. The van der Waals surface area contributed by atoms with Crippen LogP contribution in [0, 0.1) is 0 Å². The van der Waals surface area contributed by atoms with Crippen LogP contribution < -0.4 is 0 Å². The van der Waals surface area contributed by atoms with Crippen molar-refractivity contribution >= 4 is 92.8 Å². The molecule has 25 rings (SSSR count). The van der Waals surface area contributed by atoms with Crippen LogP contribution in [-0.2, 0) is 6.42 Å². The van der Waals surface area contributed by atoms with Crippen molar-refractivity contribution in [3.05, 3.63) is 490 Å². The van der Waals surface area contributed by atoms with E-state index in [9.17, 15) is 0 Å². The van der Waals surface area contributed by atoms with Crippen LogP contribution in [0.15, 0.2) is 479 Å². The van der Waals surface area contributed by atoms with Crippen molar-refractivity contribution in [2.45, 2.75) is 13.3 Å². The van der Waals surface area contributed by atoms with Gasteiger partial charge in [0.25, 0.3) is 0 Å². The van der Waals surface area contributed by atoms with E-state index in [0.29, 0.717) is 34.9 Å². The summed E-state index contributed by atoms with van der Waals surface area (Å²) in [4.78, 5) is 31.3. The Morgan fingerprint density at radius 2 is 0.426 bits per heavy atom. The molecule has 0 bridgehead atoms. The van der Waals surface area contributed by atoms with Gasteiger partial charge in [0.05, 0.1) is 44.1 Å². The monoisotopic (exact) mass is 1740 g/mol. The summed E-state index contributed by atoms with van der Waals surface area (Å²) in [5, 5.41) is 9.51. The molecule has 0 saturated carbocycles. The summed E-state index contributed by atoms with van der Waals surface area (Å²) in [6, 6.07) is 165. The topological polar surface area (TPSA) is 97.1 Å². The first kappa shape index (κ1) is 80.0. The third-order valence-corrected chi connectivity index (χ3v) is 26.8. The molecule has 0 saturated heterocycles. The summed E-state index contributed by atoms with van der Waals surface area (Å²) in [6.07, 6.45) is 7.52. The van der Waals surface area contributed by atoms with Gasteiger partial charge in [0, 0.05) is 99.2 Å². The van der Waals surface area contributed by atoms with Gasteiger partial charge >= 0.3 is 0 Å². The van der Waals surface area contributed by atoms with Crippen LogP contribution in [0.5, 0.6) is 0 Å². The minimum atomic E-state index is 0.582. The highest BCUT2D eigenvalue weighted by Gasteiger charge is 2.26. The largest absolute Gasteiger partial charge is 0.307 e. The minimum absolute atomic E-state index is 0.582. The van der Waals surface area contributed by atoms with E-state index in [0.717, 1.165) is 162 Å². The van der Waals surface area contributed by atoms with Crippen LogP contribution >= 0.6 is 0 Å². The van der Waals surface area contributed by atoms with Gasteiger partial charge in [0.15, 0.2) is 34.9 Å². The highest BCUT2D eigenvalue weighted by atomic mass is 15.1. The fourth-order valence-corrected chi connectivity index (χ4v) is 20.1. The van der Waals surface area contributed by atoms with Gasteiger partial charge in [-0.05, 0) is 195 Å². The van der Waals surface area contributed by atoms with E-state index in [1.165, 1.54) is 59.8 Å². The van der Waals surface area contributed by atoms with Crippen LogP contribution in [0.1, 0.15) is 18.1 Å². The third kappa shape index (κ3) is 14.4. The van der Waals surface area contributed by atoms with Crippen molar-refractivity contribution in [3.8, 4) is 147 Å². The molecule has 19 aromatic carbocycles. The van der Waals surface area contributed by atoms with E-state index >= 15 is 0 Å². The molecule has 0 spiro atoms. The molecule has 0 aliphatic heterocycles. The molecule has 136 heavy (non-hydrogen) atoms. The van der Waals surface area contributed by atoms with Gasteiger partial charge < -0.3 is 18.3 Å². The molecule has 25 aromatic rings. The first-order valence-electron chi connectivity index (χ1n) is 46.3. The number of allylic oxidation sites excluding steroid dienone is 4. The molecule has 10 nitrogen and oxygen atoms in total. The number of fused-ring (bicyclic) bond motifs is 14. The number of rotatable bonds is 19. The van der Waals surface area contributed by atoms with Crippen LogP contribution in [0.2, 0.25) is 0 Å². The Bertz CT molecular complexity index is 8970. The lowest BCUT2D eigenvalue weighted by Crippen LogP contribution is -2.01. The Morgan fingerprint density at radius 1 is 0.199 bits per heavy atom. The predicted octanol–water partition coefficient (Wildman–Crippen LogP) is 32.0. The predicted molar refractivity (Wildman–Crippen MR) is 563 cm³/mol. The lowest BCUT2D eigenvalue weighted by atomic mass is 9.95. The molecule has 0 radical (unpaired) electrons. The van der Waals surface area contributed by atoms with Gasteiger partial charge in [0.2, 0.25) is 0 Å². The number of para-hydroxylation sites is 4. The van der Waals surface area contributed by atoms with Gasteiger partial charge in [-0.15, -0.1) is 0 Å². The summed E-state index contributed by atoms with van der Waals surface area (Å²) in [7, 11) is 0. The van der Waals surface area contributed by atoms with Crippen LogP contribution in [0.3, 0.4) is 0 Å². The smallest absolute Gasteiger partial charge is 0.164 e. The molecule has 0 aliphatic carbocycles. The van der Waals surface area contributed by atoms with E-state index in [4.69, 9.17) is 29.9 Å². The normalized spacial score (nSPS) is 11.9. The average Bonchev–Trinajstić information content (AvgIpc) is 1.55. The maximum atomic E-state index is 5.34. The Kier molecular flexibility index (Phi) is 20.0. The molecule has 6 aromatic heterocycles. The average molecular weight is 1740 g/mol. The van der Waals surface area contributed by atoms with E-state index < -0.39 is 0 Å². The fraction of sp³-hybridized carbons (Fsp3) is 0.0159. The number of hydrogen-bond donors (Lipinski definition) is 0. The van der Waals surface area contributed by atoms with Crippen molar-refractivity contribution in [1.29, 1.82) is 0 Å². The summed E-state index contributed by atoms with van der Waals surface area (Å²) in [5.74, 6) is 3.60. The zero-order chi connectivity index (χ0) is 90.1. The molecule has 0 aliphatic rings. The first-order chi connectivity index (χ1) is 67.4. The maximum absolute atomic E-state index is 5.34. The van der Waals surface area contributed by atoms with E-state index in [2.05, 4.69) is 474 Å². The molecule has 0 atom stereocenters. The van der Waals surface area contributed by atoms with E-state index in [1.807, 2.05) is 30.3 Å². The zero-order valence-corrected chi connectivity index (χ0v) is 74.3. The first-order valence-corrected chi connectivity index (χ1v) is 46.3. The minimum Gasteiger partial charge on any atom is -0.307 e. The highest BCUT2D eigenvalue weighted by Crippen LogP contribution is 2.46. The van der Waals surface area contributed by atoms with Crippen molar-refractivity contribution in [2.75, 3.05) is 0 Å². The van der Waals surface area contributed by atoms with Crippen LogP contribution in [0.25, 0.3) is 240 Å². The summed E-state index contributed by atoms with van der Waals surface area (Å²) >= 11 is 0. The standard InChI is InChI=1S/C126H84N10/c1-2-83(35-23-26-82-48-68-101(69-49-82)133-113-44-19-15-40-105(113)109-76-77-110-107-42-17-21-46-115(107)135(118(110)117(109)133)103-72-64-95(65-73-103)125-128-121(91-33-13-6-14-34-91)127-122(130-125)92-56-50-87(51-57-92)84-27-7-3-8-28-84)97-36-24-38-99(80-97)100-39-25-37-98(81-100)90-54-60-94(61-55-90)124-129-123(93-58-52-88(53-59-93)85-29-9-4-10-30-85)131-126(132-124)96-66-74-104(75-67-96)136-116-47-22-18-43-108(116)112-79-78-111-106-41-16-20-45-114(106)134(119(111)120(112)136)102-70-62-89(63-71-102)86-31-11-5-12-32-86/h2-25,27-81H,26H2,1H3/b35-23-,83-2+. The number of nitrogens with zero attached hydrogens (tertiary/aromatic N) is 10. The Labute approximate surface area is 786 Å². The summed E-state index contributed by atoms with van der Waals surface area (Å²) in [6.45, 7) is 2.13. The Hall–Kier alpha value is -18.1. The third-order valence-electron chi connectivity index (χ3n) is 26.8. The van der Waals surface area contributed by atoms with Crippen molar-refractivity contribution < 1.29 is 0 Å². The van der Waals surface area contributed by atoms with Gasteiger partial charge in [-0.1, -0.05) is 370 Å². The highest BCUT2D eigenvalue weighted by molar-refractivity contribution is 6.25. The molecular weight excluding hydrogens is 1650 g/mol. The number of hydrogen-bond acceptors (Lipinski definition) is 6. The molecule has 0 amide bonds. The van der Waals surface area contributed by atoms with Gasteiger partial charge in [-0.25, -0.2) is 29.9 Å². The summed E-state index contributed by atoms with van der Waals surface area (Å²) in [5.41, 5.74) is 33.6. The maximum Gasteiger partial charge on any atom is 0.164 e. The second-order valence-electron chi connectivity index (χ2n) is 34.8. The second kappa shape index (κ2) is 34.0. The van der Waals surface area contributed by atoms with Gasteiger partial charge in [0.1, 0.15) is 0 Å².